The summed E-state index contributed by atoms with van der Waals surface area (Å²) in [5.74, 6) is 0.147. The SMILES string of the molecule is C[C@@H]1C=CC=CC=CC=CC=C[C@H](O)CC=CC=CC=CC=CC(=O)NC1. The van der Waals surface area contributed by atoms with Gasteiger partial charge in [0.1, 0.15) is 0 Å². The zero-order chi connectivity index (χ0) is 19.6. The first-order valence-corrected chi connectivity index (χ1v) is 9.16. The summed E-state index contributed by atoms with van der Waals surface area (Å²) in [5, 5.41) is 12.7. The Morgan fingerprint density at radius 2 is 1.30 bits per heavy atom. The third-order valence-corrected chi connectivity index (χ3v) is 3.47. The van der Waals surface area contributed by atoms with Crippen LogP contribution in [0.3, 0.4) is 0 Å². The number of aliphatic hydroxyl groups excluding tert-OH is 1. The van der Waals surface area contributed by atoms with Gasteiger partial charge in [0.25, 0.3) is 0 Å². The standard InChI is InChI=1S/C24H29NO2/c1-22-17-13-9-5-2-3-6-10-14-18-23(26)19-15-11-7-4-8-12-16-20-24(27)25-21-22/h2-18,20,22-23,26H,19,21H2,1H3,(H,25,27)/t22-,23+/m1/s1. The molecule has 0 saturated carbocycles. The van der Waals surface area contributed by atoms with Crippen molar-refractivity contribution >= 4 is 5.91 Å². The minimum Gasteiger partial charge on any atom is -0.389 e. The van der Waals surface area contributed by atoms with Crippen molar-refractivity contribution in [3.05, 3.63) is 109 Å². The Bertz CT molecular complexity index is 685. The molecule has 1 rings (SSSR count). The van der Waals surface area contributed by atoms with E-state index in [1.807, 2.05) is 85.1 Å². The van der Waals surface area contributed by atoms with Gasteiger partial charge in [-0.05, 0) is 12.3 Å². The van der Waals surface area contributed by atoms with Crippen molar-refractivity contribution < 1.29 is 9.90 Å². The summed E-state index contributed by atoms with van der Waals surface area (Å²) in [6.07, 6.45) is 33.6. The fourth-order valence-corrected chi connectivity index (χ4v) is 1.99. The van der Waals surface area contributed by atoms with Crippen molar-refractivity contribution in [3.63, 3.8) is 0 Å². The molecule has 0 spiro atoms. The quantitative estimate of drug-likeness (QED) is 0.665. The lowest BCUT2D eigenvalue weighted by Gasteiger charge is -2.05. The molecule has 1 aliphatic heterocycles. The second kappa shape index (κ2) is 15.4. The van der Waals surface area contributed by atoms with Gasteiger partial charge in [0.05, 0.1) is 6.10 Å². The summed E-state index contributed by atoms with van der Waals surface area (Å²) < 4.78 is 0. The van der Waals surface area contributed by atoms with E-state index >= 15 is 0 Å². The van der Waals surface area contributed by atoms with Crippen molar-refractivity contribution in [2.45, 2.75) is 19.4 Å². The van der Waals surface area contributed by atoms with E-state index in [1.54, 1.807) is 18.2 Å². The number of rotatable bonds is 0. The number of aliphatic hydroxyl groups is 1. The van der Waals surface area contributed by atoms with Gasteiger partial charge in [0, 0.05) is 12.6 Å². The van der Waals surface area contributed by atoms with Crippen LogP contribution < -0.4 is 5.32 Å². The van der Waals surface area contributed by atoms with Crippen LogP contribution in [0.5, 0.6) is 0 Å². The zero-order valence-electron chi connectivity index (χ0n) is 15.8. The Hall–Kier alpha value is -2.91. The normalized spacial score (nSPS) is 22.7. The Labute approximate surface area is 162 Å². The van der Waals surface area contributed by atoms with E-state index in [2.05, 4.69) is 12.2 Å². The van der Waals surface area contributed by atoms with Gasteiger partial charge in [0.2, 0.25) is 5.91 Å². The Kier molecular flexibility index (Phi) is 12.6. The molecule has 0 saturated heterocycles. The van der Waals surface area contributed by atoms with E-state index < -0.39 is 6.10 Å². The average Bonchev–Trinajstić information content (AvgIpc) is 2.65. The van der Waals surface area contributed by atoms with Crippen LogP contribution in [0, 0.1) is 5.92 Å². The number of hydrogen-bond acceptors (Lipinski definition) is 2. The first-order chi connectivity index (χ1) is 13.2. The van der Waals surface area contributed by atoms with Gasteiger partial charge in [-0.15, -0.1) is 0 Å². The molecule has 2 N–H and O–H groups in total. The smallest absolute Gasteiger partial charge is 0.243 e. The summed E-state index contributed by atoms with van der Waals surface area (Å²) in [6.45, 7) is 2.65. The van der Waals surface area contributed by atoms with Gasteiger partial charge in [-0.25, -0.2) is 0 Å². The Balaban J connectivity index is 2.70. The molecule has 0 aromatic heterocycles. The lowest BCUT2D eigenvalue weighted by molar-refractivity contribution is -0.116. The van der Waals surface area contributed by atoms with Gasteiger partial charge >= 0.3 is 0 Å². The highest BCUT2D eigenvalue weighted by atomic mass is 16.3. The molecule has 2 atom stereocenters. The molecule has 1 aliphatic rings. The molecule has 3 heteroatoms. The fourth-order valence-electron chi connectivity index (χ4n) is 1.99. The molecule has 0 radical (unpaired) electrons. The van der Waals surface area contributed by atoms with E-state index in [-0.39, 0.29) is 11.8 Å². The van der Waals surface area contributed by atoms with Crippen LogP contribution in [-0.2, 0) is 4.79 Å². The predicted molar refractivity (Wildman–Crippen MR) is 115 cm³/mol. The first kappa shape index (κ1) is 22.1. The lowest BCUT2D eigenvalue weighted by atomic mass is 10.1. The van der Waals surface area contributed by atoms with Crippen LogP contribution in [0.25, 0.3) is 0 Å². The molecule has 0 unspecified atom stereocenters. The van der Waals surface area contributed by atoms with Crippen molar-refractivity contribution in [2.75, 3.05) is 6.54 Å². The monoisotopic (exact) mass is 363 g/mol. The topological polar surface area (TPSA) is 49.3 Å². The maximum atomic E-state index is 11.7. The average molecular weight is 364 g/mol. The summed E-state index contributed by atoms with van der Waals surface area (Å²) in [4.78, 5) is 11.7. The number of allylic oxidation sites excluding steroid dienone is 14. The summed E-state index contributed by atoms with van der Waals surface area (Å²) in [7, 11) is 0. The molecule has 27 heavy (non-hydrogen) atoms. The molecule has 0 bridgehead atoms. The van der Waals surface area contributed by atoms with Crippen molar-refractivity contribution in [2.24, 2.45) is 5.92 Å². The van der Waals surface area contributed by atoms with Gasteiger partial charge in [-0.2, -0.15) is 0 Å². The van der Waals surface area contributed by atoms with E-state index in [1.165, 1.54) is 6.08 Å². The maximum Gasteiger partial charge on any atom is 0.243 e. The Morgan fingerprint density at radius 3 is 1.96 bits per heavy atom. The molecule has 0 aromatic carbocycles. The zero-order valence-corrected chi connectivity index (χ0v) is 15.8. The number of nitrogens with one attached hydrogen (secondary N) is 1. The number of carbonyl (C=O) groups is 1. The van der Waals surface area contributed by atoms with Crippen molar-refractivity contribution in [1.29, 1.82) is 0 Å². The van der Waals surface area contributed by atoms with Crippen LogP contribution in [0.1, 0.15) is 13.3 Å². The van der Waals surface area contributed by atoms with Crippen LogP contribution in [0.15, 0.2) is 109 Å². The molecule has 142 valence electrons. The van der Waals surface area contributed by atoms with Crippen molar-refractivity contribution in [3.8, 4) is 0 Å². The summed E-state index contributed by atoms with van der Waals surface area (Å²) in [6, 6.07) is 0. The predicted octanol–water partition coefficient (Wildman–Crippen LogP) is 4.51. The minimum atomic E-state index is -0.502. The minimum absolute atomic E-state index is 0.106. The number of carbonyl (C=O) groups excluding carboxylic acids is 1. The number of hydrogen-bond donors (Lipinski definition) is 2. The van der Waals surface area contributed by atoms with Crippen LogP contribution in [0.4, 0.5) is 0 Å². The third-order valence-electron chi connectivity index (χ3n) is 3.47. The highest BCUT2D eigenvalue weighted by molar-refractivity contribution is 5.87. The second-order valence-electron chi connectivity index (χ2n) is 6.01. The van der Waals surface area contributed by atoms with Gasteiger partial charge in [0.15, 0.2) is 0 Å². The molecular formula is C24H29NO2. The van der Waals surface area contributed by atoms with Crippen molar-refractivity contribution in [1.82, 2.24) is 5.32 Å². The van der Waals surface area contributed by atoms with Gasteiger partial charge < -0.3 is 10.4 Å². The Morgan fingerprint density at radius 1 is 0.778 bits per heavy atom. The molecule has 3 nitrogen and oxygen atoms in total. The first-order valence-electron chi connectivity index (χ1n) is 9.16. The molecular weight excluding hydrogens is 334 g/mol. The van der Waals surface area contributed by atoms with E-state index in [0.717, 1.165) is 0 Å². The lowest BCUT2D eigenvalue weighted by Crippen LogP contribution is -2.25. The summed E-state index contributed by atoms with van der Waals surface area (Å²) >= 11 is 0. The number of amides is 1. The molecule has 1 amide bonds. The second-order valence-corrected chi connectivity index (χ2v) is 6.01. The highest BCUT2D eigenvalue weighted by Gasteiger charge is 1.98. The summed E-state index contributed by atoms with van der Waals surface area (Å²) in [5.41, 5.74) is 0. The molecule has 0 aromatic rings. The van der Waals surface area contributed by atoms with E-state index in [4.69, 9.17) is 0 Å². The van der Waals surface area contributed by atoms with Crippen LogP contribution >= 0.6 is 0 Å². The largest absolute Gasteiger partial charge is 0.389 e. The van der Waals surface area contributed by atoms with Crippen LogP contribution in [-0.4, -0.2) is 23.7 Å². The van der Waals surface area contributed by atoms with E-state index in [0.29, 0.717) is 13.0 Å². The maximum absolute atomic E-state index is 11.7. The van der Waals surface area contributed by atoms with E-state index in [9.17, 15) is 9.90 Å². The van der Waals surface area contributed by atoms with Gasteiger partial charge in [-0.1, -0.05) is 110 Å². The third kappa shape index (κ3) is 14.0. The fraction of sp³-hybridized carbons (Fsp3) is 0.208. The van der Waals surface area contributed by atoms with Crippen LogP contribution in [0.2, 0.25) is 0 Å². The molecule has 0 aliphatic carbocycles. The molecule has 0 fully saturated rings. The van der Waals surface area contributed by atoms with Gasteiger partial charge in [-0.3, -0.25) is 4.79 Å². The highest BCUT2D eigenvalue weighted by Crippen LogP contribution is 1.98. The molecule has 1 heterocycles.